The minimum atomic E-state index is -0.668. The third kappa shape index (κ3) is 4.85. The molecule has 1 heterocycles. The van der Waals surface area contributed by atoms with Crippen LogP contribution >= 0.6 is 0 Å². The van der Waals surface area contributed by atoms with E-state index in [-0.39, 0.29) is 24.4 Å². The van der Waals surface area contributed by atoms with E-state index >= 15 is 0 Å². The van der Waals surface area contributed by atoms with Gasteiger partial charge in [-0.15, -0.1) is 0 Å². The predicted molar refractivity (Wildman–Crippen MR) is 96.6 cm³/mol. The predicted octanol–water partition coefficient (Wildman–Crippen LogP) is 3.09. The van der Waals surface area contributed by atoms with Crippen LogP contribution in [0.1, 0.15) is 43.0 Å². The Labute approximate surface area is 154 Å². The van der Waals surface area contributed by atoms with Crippen LogP contribution in [-0.4, -0.2) is 43.5 Å². The lowest BCUT2D eigenvalue weighted by Gasteiger charge is -2.31. The molecule has 0 bridgehead atoms. The summed E-state index contributed by atoms with van der Waals surface area (Å²) in [5, 5.41) is 9.51. The highest BCUT2D eigenvalue weighted by Crippen LogP contribution is 2.23. The van der Waals surface area contributed by atoms with Gasteiger partial charge >= 0.3 is 5.97 Å². The minimum Gasteiger partial charge on any atom is -0.497 e. The van der Waals surface area contributed by atoms with Crippen molar-refractivity contribution in [3.05, 3.63) is 41.1 Å². The first-order valence-electron chi connectivity index (χ1n) is 8.83. The van der Waals surface area contributed by atoms with Gasteiger partial charge in [-0.1, -0.05) is 0 Å². The number of hydrogen-bond donors (Lipinski definition) is 0. The number of carbonyl (C=O) groups is 2. The first kappa shape index (κ1) is 19.5. The molecule has 0 saturated carbocycles. The number of nitrogens with zero attached hydrogens (tertiary/aromatic N) is 2. The SMILES string of the molecule is CCOC(=O)/C(C#N)=C(/CC(=O)c1ccc(OC)cc1)N1CCCCC1. The van der Waals surface area contributed by atoms with Gasteiger partial charge in [-0.2, -0.15) is 5.26 Å². The van der Waals surface area contributed by atoms with Crippen molar-refractivity contribution in [2.24, 2.45) is 0 Å². The van der Waals surface area contributed by atoms with Gasteiger partial charge in [-0.25, -0.2) is 4.79 Å². The number of benzene rings is 1. The number of Topliss-reactive ketones (excluding diaryl/α,β-unsaturated/α-hetero) is 1. The van der Waals surface area contributed by atoms with Gasteiger partial charge in [0.05, 0.1) is 20.1 Å². The zero-order chi connectivity index (χ0) is 18.9. The quantitative estimate of drug-likeness (QED) is 0.323. The first-order chi connectivity index (χ1) is 12.6. The summed E-state index contributed by atoms with van der Waals surface area (Å²) in [7, 11) is 1.56. The summed E-state index contributed by atoms with van der Waals surface area (Å²) in [5.74, 6) is -0.152. The molecular weight excluding hydrogens is 332 g/mol. The molecule has 0 spiro atoms. The maximum absolute atomic E-state index is 12.7. The van der Waals surface area contributed by atoms with Gasteiger partial charge in [-0.3, -0.25) is 4.79 Å². The molecule has 0 unspecified atom stereocenters. The Kier molecular flexibility index (Phi) is 7.22. The third-order valence-electron chi connectivity index (χ3n) is 4.36. The van der Waals surface area contributed by atoms with Crippen LogP contribution in [0.15, 0.2) is 35.5 Å². The molecule has 138 valence electrons. The fourth-order valence-corrected chi connectivity index (χ4v) is 2.98. The molecule has 2 rings (SSSR count). The molecule has 0 aromatic heterocycles. The van der Waals surface area contributed by atoms with E-state index in [2.05, 4.69) is 0 Å². The molecule has 6 heteroatoms. The van der Waals surface area contributed by atoms with Crippen LogP contribution in [0.5, 0.6) is 5.75 Å². The zero-order valence-electron chi connectivity index (χ0n) is 15.3. The van der Waals surface area contributed by atoms with Gasteiger partial charge in [0.2, 0.25) is 0 Å². The molecule has 0 amide bonds. The number of piperidine rings is 1. The summed E-state index contributed by atoms with van der Waals surface area (Å²) < 4.78 is 10.1. The van der Waals surface area contributed by atoms with Gasteiger partial charge in [0, 0.05) is 24.4 Å². The molecule has 1 aromatic rings. The topological polar surface area (TPSA) is 79.6 Å². The summed E-state index contributed by atoms with van der Waals surface area (Å²) in [5.41, 5.74) is 0.906. The van der Waals surface area contributed by atoms with Crippen molar-refractivity contribution in [1.29, 1.82) is 5.26 Å². The van der Waals surface area contributed by atoms with Crippen molar-refractivity contribution in [1.82, 2.24) is 4.90 Å². The van der Waals surface area contributed by atoms with Crippen LogP contribution < -0.4 is 4.74 Å². The Morgan fingerprint density at radius 2 is 1.81 bits per heavy atom. The van der Waals surface area contributed by atoms with Crippen molar-refractivity contribution in [2.75, 3.05) is 26.8 Å². The minimum absolute atomic E-state index is 0.00592. The molecule has 26 heavy (non-hydrogen) atoms. The zero-order valence-corrected chi connectivity index (χ0v) is 15.3. The smallest absolute Gasteiger partial charge is 0.350 e. The molecule has 0 atom stereocenters. The molecule has 1 aliphatic heterocycles. The van der Waals surface area contributed by atoms with Crippen LogP contribution in [-0.2, 0) is 9.53 Å². The van der Waals surface area contributed by atoms with E-state index in [0.717, 1.165) is 32.4 Å². The average molecular weight is 356 g/mol. The number of ketones is 1. The van der Waals surface area contributed by atoms with Crippen LogP contribution in [0.2, 0.25) is 0 Å². The molecule has 1 aliphatic rings. The second-order valence-electron chi connectivity index (χ2n) is 6.03. The second-order valence-corrected chi connectivity index (χ2v) is 6.03. The summed E-state index contributed by atoms with van der Waals surface area (Å²) in [6, 6.07) is 8.75. The number of methoxy groups -OCH3 is 1. The Balaban J connectivity index is 2.31. The molecule has 1 fully saturated rings. The maximum atomic E-state index is 12.7. The molecule has 0 N–H and O–H groups in total. The van der Waals surface area contributed by atoms with Crippen molar-refractivity contribution in [3.63, 3.8) is 0 Å². The van der Waals surface area contributed by atoms with Gasteiger partial charge in [0.1, 0.15) is 11.8 Å². The molecule has 0 aliphatic carbocycles. The second kappa shape index (κ2) is 9.62. The van der Waals surface area contributed by atoms with Crippen LogP contribution in [0, 0.1) is 11.3 Å². The number of carbonyl (C=O) groups excluding carboxylic acids is 2. The van der Waals surface area contributed by atoms with Crippen molar-refractivity contribution in [3.8, 4) is 11.8 Å². The highest BCUT2D eigenvalue weighted by atomic mass is 16.5. The summed E-state index contributed by atoms with van der Waals surface area (Å²) >= 11 is 0. The fraction of sp³-hybridized carbons (Fsp3) is 0.450. The first-order valence-corrected chi connectivity index (χ1v) is 8.83. The Bertz CT molecular complexity index is 710. The number of allylic oxidation sites excluding steroid dienone is 1. The van der Waals surface area contributed by atoms with Gasteiger partial charge < -0.3 is 14.4 Å². The summed E-state index contributed by atoms with van der Waals surface area (Å²) in [6.45, 7) is 3.34. The van der Waals surface area contributed by atoms with E-state index in [9.17, 15) is 14.9 Å². The molecule has 0 radical (unpaired) electrons. The number of rotatable bonds is 7. The van der Waals surface area contributed by atoms with E-state index < -0.39 is 5.97 Å². The fourth-order valence-electron chi connectivity index (χ4n) is 2.98. The van der Waals surface area contributed by atoms with Crippen LogP contribution in [0.4, 0.5) is 0 Å². The van der Waals surface area contributed by atoms with E-state index in [4.69, 9.17) is 9.47 Å². The maximum Gasteiger partial charge on any atom is 0.350 e. The Morgan fingerprint density at radius 3 is 2.35 bits per heavy atom. The average Bonchev–Trinajstić information content (AvgIpc) is 2.68. The Morgan fingerprint density at radius 1 is 1.15 bits per heavy atom. The Hall–Kier alpha value is -2.81. The number of ether oxygens (including phenoxy) is 2. The largest absolute Gasteiger partial charge is 0.497 e. The summed E-state index contributed by atoms with van der Waals surface area (Å²) in [6.07, 6.45) is 3.05. The number of esters is 1. The summed E-state index contributed by atoms with van der Waals surface area (Å²) in [4.78, 5) is 26.9. The van der Waals surface area contributed by atoms with Gasteiger partial charge in [0.25, 0.3) is 0 Å². The lowest BCUT2D eigenvalue weighted by molar-refractivity contribution is -0.138. The van der Waals surface area contributed by atoms with Gasteiger partial charge in [0.15, 0.2) is 11.4 Å². The lowest BCUT2D eigenvalue weighted by atomic mass is 10.0. The molecule has 1 aromatic carbocycles. The number of nitriles is 1. The van der Waals surface area contributed by atoms with Crippen LogP contribution in [0.3, 0.4) is 0 Å². The molecule has 6 nitrogen and oxygen atoms in total. The number of hydrogen-bond acceptors (Lipinski definition) is 6. The van der Waals surface area contributed by atoms with E-state index in [1.54, 1.807) is 38.3 Å². The van der Waals surface area contributed by atoms with E-state index in [1.165, 1.54) is 0 Å². The van der Waals surface area contributed by atoms with Crippen LogP contribution in [0.25, 0.3) is 0 Å². The van der Waals surface area contributed by atoms with E-state index in [1.807, 2.05) is 11.0 Å². The highest BCUT2D eigenvalue weighted by molar-refractivity contribution is 6.00. The van der Waals surface area contributed by atoms with Gasteiger partial charge in [-0.05, 0) is 50.5 Å². The normalized spacial score (nSPS) is 14.9. The third-order valence-corrected chi connectivity index (χ3v) is 4.36. The lowest BCUT2D eigenvalue weighted by Crippen LogP contribution is -2.32. The highest BCUT2D eigenvalue weighted by Gasteiger charge is 2.25. The molecule has 1 saturated heterocycles. The standard InChI is InChI=1S/C20H24N2O4/c1-3-26-20(24)17(14-21)18(22-11-5-4-6-12-22)13-19(23)15-7-9-16(25-2)10-8-15/h7-10H,3-6,11-13H2,1-2H3/b18-17-. The monoisotopic (exact) mass is 356 g/mol. The van der Waals surface area contributed by atoms with Crippen molar-refractivity contribution < 1.29 is 19.1 Å². The molecular formula is C20H24N2O4. The van der Waals surface area contributed by atoms with Crippen molar-refractivity contribution >= 4 is 11.8 Å². The van der Waals surface area contributed by atoms with Crippen molar-refractivity contribution in [2.45, 2.75) is 32.6 Å². The number of likely N-dealkylation sites (tertiary alicyclic amines) is 1. The van der Waals surface area contributed by atoms with E-state index in [0.29, 0.717) is 17.0 Å².